The Morgan fingerprint density at radius 2 is 2.20 bits per heavy atom. The quantitative estimate of drug-likeness (QED) is 0.659. The second kappa shape index (κ2) is 10.2. The summed E-state index contributed by atoms with van der Waals surface area (Å²) in [6, 6.07) is 1.69. The van der Waals surface area contributed by atoms with Crippen LogP contribution in [0.4, 0.5) is 0 Å². The van der Waals surface area contributed by atoms with Gasteiger partial charge in [0, 0.05) is 32.7 Å². The number of furan rings is 1. The van der Waals surface area contributed by atoms with Crippen LogP contribution in [0, 0.1) is 6.92 Å². The minimum atomic E-state index is -0.0967. The Labute approximate surface area is 149 Å². The van der Waals surface area contributed by atoms with Crippen LogP contribution >= 0.6 is 0 Å². The monoisotopic (exact) mass is 350 g/mol. The van der Waals surface area contributed by atoms with Gasteiger partial charge < -0.3 is 19.4 Å². The van der Waals surface area contributed by atoms with E-state index in [1.54, 1.807) is 17.9 Å². The summed E-state index contributed by atoms with van der Waals surface area (Å²) in [7, 11) is 0. The van der Waals surface area contributed by atoms with E-state index in [1.807, 2.05) is 0 Å². The normalized spacial score (nSPS) is 16.8. The number of nitrogens with one attached hydrogen (secondary N) is 1. The average Bonchev–Trinajstić information content (AvgIpc) is 3.26. The maximum atomic E-state index is 12.8. The third-order valence-electron chi connectivity index (χ3n) is 4.54. The molecule has 1 aromatic heterocycles. The van der Waals surface area contributed by atoms with Crippen LogP contribution in [0.3, 0.4) is 0 Å². The van der Waals surface area contributed by atoms with E-state index in [4.69, 9.17) is 9.15 Å². The Balaban J connectivity index is 1.89. The summed E-state index contributed by atoms with van der Waals surface area (Å²) in [5.74, 6) is 0.497. The Morgan fingerprint density at radius 3 is 2.84 bits per heavy atom. The van der Waals surface area contributed by atoms with Gasteiger partial charge in [-0.2, -0.15) is 0 Å². The van der Waals surface area contributed by atoms with Crippen molar-refractivity contribution in [3.8, 4) is 0 Å². The number of hydrogen-bond donors (Lipinski definition) is 1. The van der Waals surface area contributed by atoms with Gasteiger partial charge >= 0.3 is 0 Å². The predicted octanol–water partition coefficient (Wildman–Crippen LogP) is 2.91. The Kier molecular flexibility index (Phi) is 7.98. The summed E-state index contributed by atoms with van der Waals surface area (Å²) in [6.07, 6.45) is 7.10. The highest BCUT2D eigenvalue weighted by Gasteiger charge is 2.25. The summed E-state index contributed by atoms with van der Waals surface area (Å²) in [5, 5.41) is 2.92. The number of nitrogens with zero attached hydrogens (tertiary/aromatic N) is 1. The van der Waals surface area contributed by atoms with Crippen LogP contribution in [0.2, 0.25) is 0 Å². The van der Waals surface area contributed by atoms with Crippen molar-refractivity contribution in [1.29, 1.82) is 0 Å². The molecule has 140 valence electrons. The largest absolute Gasteiger partial charge is 0.469 e. The molecule has 6 nitrogen and oxygen atoms in total. The molecule has 1 atom stereocenters. The molecule has 25 heavy (non-hydrogen) atoms. The summed E-state index contributed by atoms with van der Waals surface area (Å²) in [5.41, 5.74) is 0.557. The van der Waals surface area contributed by atoms with E-state index in [2.05, 4.69) is 12.2 Å². The molecule has 1 aromatic rings. The van der Waals surface area contributed by atoms with Crippen molar-refractivity contribution in [3.05, 3.63) is 23.7 Å². The van der Waals surface area contributed by atoms with Crippen LogP contribution in [0.1, 0.15) is 61.6 Å². The molecular weight excluding hydrogens is 320 g/mol. The number of unbranched alkanes of at least 4 members (excludes halogenated alkanes) is 2. The van der Waals surface area contributed by atoms with Crippen molar-refractivity contribution in [1.82, 2.24) is 10.2 Å². The summed E-state index contributed by atoms with van der Waals surface area (Å²) in [6.45, 7) is 6.27. The number of hydrogen-bond acceptors (Lipinski definition) is 4. The first-order valence-corrected chi connectivity index (χ1v) is 9.33. The van der Waals surface area contributed by atoms with Crippen molar-refractivity contribution >= 4 is 11.8 Å². The van der Waals surface area contributed by atoms with Crippen molar-refractivity contribution in [2.75, 3.05) is 26.2 Å². The Bertz CT molecular complexity index is 549. The average molecular weight is 350 g/mol. The van der Waals surface area contributed by atoms with E-state index in [1.165, 1.54) is 6.26 Å². The van der Waals surface area contributed by atoms with Crippen LogP contribution < -0.4 is 5.32 Å². The van der Waals surface area contributed by atoms with Gasteiger partial charge in [0.1, 0.15) is 5.76 Å². The SMILES string of the molecule is CCCCCNC(=O)CCN(C[C@H]1CCCO1)C(=O)c1ccoc1C. The first-order valence-electron chi connectivity index (χ1n) is 9.33. The zero-order chi connectivity index (χ0) is 18.1. The van der Waals surface area contributed by atoms with Gasteiger partial charge in [-0.25, -0.2) is 0 Å². The number of ether oxygens (including phenoxy) is 1. The molecule has 6 heteroatoms. The number of amides is 2. The van der Waals surface area contributed by atoms with Gasteiger partial charge in [-0.3, -0.25) is 9.59 Å². The molecule has 0 spiro atoms. The molecule has 0 bridgehead atoms. The third kappa shape index (κ3) is 6.20. The van der Waals surface area contributed by atoms with E-state index in [0.717, 1.165) is 38.7 Å². The van der Waals surface area contributed by atoms with Gasteiger partial charge in [-0.15, -0.1) is 0 Å². The zero-order valence-electron chi connectivity index (χ0n) is 15.4. The minimum Gasteiger partial charge on any atom is -0.469 e. The molecule has 1 aliphatic heterocycles. The fourth-order valence-electron chi connectivity index (χ4n) is 3.01. The lowest BCUT2D eigenvalue weighted by molar-refractivity contribution is -0.121. The number of aryl methyl sites for hydroxylation is 1. The van der Waals surface area contributed by atoms with Gasteiger partial charge in [0.05, 0.1) is 17.9 Å². The van der Waals surface area contributed by atoms with E-state index in [9.17, 15) is 9.59 Å². The molecule has 2 heterocycles. The Hall–Kier alpha value is -1.82. The van der Waals surface area contributed by atoms with Crippen molar-refractivity contribution in [2.45, 2.75) is 58.5 Å². The molecule has 1 aliphatic rings. The minimum absolute atomic E-state index is 0.00911. The topological polar surface area (TPSA) is 71.8 Å². The smallest absolute Gasteiger partial charge is 0.257 e. The molecule has 0 radical (unpaired) electrons. The van der Waals surface area contributed by atoms with E-state index < -0.39 is 0 Å². The molecule has 0 unspecified atom stereocenters. The first kappa shape index (κ1) is 19.5. The molecule has 1 fully saturated rings. The molecule has 1 N–H and O–H groups in total. The first-order chi connectivity index (χ1) is 12.1. The summed E-state index contributed by atoms with van der Waals surface area (Å²) in [4.78, 5) is 26.6. The van der Waals surface area contributed by atoms with Gasteiger partial charge in [0.2, 0.25) is 5.91 Å². The second-order valence-electron chi connectivity index (χ2n) is 6.58. The van der Waals surface area contributed by atoms with Crippen LogP contribution in [-0.2, 0) is 9.53 Å². The molecule has 0 saturated carbocycles. The lowest BCUT2D eigenvalue weighted by Gasteiger charge is -2.25. The number of carbonyl (C=O) groups excluding carboxylic acids is 2. The number of carbonyl (C=O) groups is 2. The highest BCUT2D eigenvalue weighted by Crippen LogP contribution is 2.17. The van der Waals surface area contributed by atoms with Crippen LogP contribution in [0.25, 0.3) is 0 Å². The highest BCUT2D eigenvalue weighted by atomic mass is 16.5. The lowest BCUT2D eigenvalue weighted by Crippen LogP contribution is -2.40. The van der Waals surface area contributed by atoms with Gasteiger partial charge in [0.25, 0.3) is 5.91 Å². The molecule has 0 aliphatic carbocycles. The fourth-order valence-corrected chi connectivity index (χ4v) is 3.01. The van der Waals surface area contributed by atoms with Crippen molar-refractivity contribution in [2.24, 2.45) is 0 Å². The van der Waals surface area contributed by atoms with E-state index in [0.29, 0.717) is 37.4 Å². The van der Waals surface area contributed by atoms with Crippen molar-refractivity contribution < 1.29 is 18.7 Å². The third-order valence-corrected chi connectivity index (χ3v) is 4.54. The molecular formula is C19H30N2O4. The number of rotatable bonds is 10. The Morgan fingerprint density at radius 1 is 1.36 bits per heavy atom. The zero-order valence-corrected chi connectivity index (χ0v) is 15.4. The molecule has 1 saturated heterocycles. The summed E-state index contributed by atoms with van der Waals surface area (Å²) < 4.78 is 10.9. The highest BCUT2D eigenvalue weighted by molar-refractivity contribution is 5.95. The van der Waals surface area contributed by atoms with Gasteiger partial charge in [-0.05, 0) is 32.3 Å². The van der Waals surface area contributed by atoms with E-state index in [-0.39, 0.29) is 17.9 Å². The second-order valence-corrected chi connectivity index (χ2v) is 6.58. The summed E-state index contributed by atoms with van der Waals surface area (Å²) >= 11 is 0. The standard InChI is InChI=1S/C19H30N2O4/c1-3-4-5-10-20-18(22)8-11-21(14-16-7-6-12-25-16)19(23)17-9-13-24-15(17)2/h9,13,16H,3-8,10-12,14H2,1-2H3,(H,20,22)/t16-/m1/s1. The molecule has 2 amide bonds. The van der Waals surface area contributed by atoms with Crippen molar-refractivity contribution in [3.63, 3.8) is 0 Å². The van der Waals surface area contributed by atoms with E-state index >= 15 is 0 Å². The van der Waals surface area contributed by atoms with Gasteiger partial charge in [-0.1, -0.05) is 19.8 Å². The maximum Gasteiger partial charge on any atom is 0.257 e. The van der Waals surface area contributed by atoms with Crippen LogP contribution in [0.15, 0.2) is 16.7 Å². The molecule has 0 aromatic carbocycles. The predicted molar refractivity (Wildman–Crippen MR) is 95.5 cm³/mol. The lowest BCUT2D eigenvalue weighted by atomic mass is 10.1. The molecule has 2 rings (SSSR count). The van der Waals surface area contributed by atoms with Crippen LogP contribution in [-0.4, -0.2) is 49.1 Å². The maximum absolute atomic E-state index is 12.8. The van der Waals surface area contributed by atoms with Crippen LogP contribution in [0.5, 0.6) is 0 Å². The van der Waals surface area contributed by atoms with Gasteiger partial charge in [0.15, 0.2) is 0 Å². The fraction of sp³-hybridized carbons (Fsp3) is 0.684.